The summed E-state index contributed by atoms with van der Waals surface area (Å²) in [6.45, 7) is 7.20. The second kappa shape index (κ2) is 7.68. The van der Waals surface area contributed by atoms with Crippen LogP contribution in [0.2, 0.25) is 0 Å². The Morgan fingerprint density at radius 3 is 2.62 bits per heavy atom. The van der Waals surface area contributed by atoms with Gasteiger partial charge in [-0.05, 0) is 39.3 Å². The SMILES string of the molecule is CCC(C)NC(=O)c1cc(Nc2cccc(C(C)=O)c2)nc(C)n1. The second-order valence-corrected chi connectivity index (χ2v) is 5.73. The molecule has 0 saturated carbocycles. The lowest BCUT2D eigenvalue weighted by Gasteiger charge is -2.12. The van der Waals surface area contributed by atoms with Crippen LogP contribution in [0, 0.1) is 6.92 Å². The third kappa shape index (κ3) is 4.62. The molecule has 0 aliphatic carbocycles. The molecule has 0 aliphatic rings. The molecule has 0 spiro atoms. The predicted octanol–water partition coefficient (Wildman–Crippen LogP) is 3.26. The topological polar surface area (TPSA) is 84.0 Å². The zero-order valence-electron chi connectivity index (χ0n) is 14.4. The van der Waals surface area contributed by atoms with Crippen LogP contribution in [0.1, 0.15) is 53.9 Å². The maximum absolute atomic E-state index is 12.2. The number of carbonyl (C=O) groups is 2. The lowest BCUT2D eigenvalue weighted by atomic mass is 10.1. The summed E-state index contributed by atoms with van der Waals surface area (Å²) in [5.41, 5.74) is 1.66. The number of hydrogen-bond donors (Lipinski definition) is 2. The van der Waals surface area contributed by atoms with Crippen LogP contribution < -0.4 is 10.6 Å². The molecule has 0 bridgehead atoms. The van der Waals surface area contributed by atoms with Crippen molar-refractivity contribution >= 4 is 23.2 Å². The Balaban J connectivity index is 2.24. The van der Waals surface area contributed by atoms with E-state index < -0.39 is 0 Å². The lowest BCUT2D eigenvalue weighted by Crippen LogP contribution is -2.32. The van der Waals surface area contributed by atoms with E-state index in [1.54, 1.807) is 31.2 Å². The molecule has 1 aromatic heterocycles. The molecule has 126 valence electrons. The molecule has 0 saturated heterocycles. The molecule has 0 fully saturated rings. The van der Waals surface area contributed by atoms with Gasteiger partial charge in [-0.15, -0.1) is 0 Å². The van der Waals surface area contributed by atoms with Crippen molar-refractivity contribution in [2.75, 3.05) is 5.32 Å². The fourth-order valence-electron chi connectivity index (χ4n) is 2.11. The minimum Gasteiger partial charge on any atom is -0.348 e. The number of anilines is 2. The van der Waals surface area contributed by atoms with E-state index in [1.807, 2.05) is 19.9 Å². The van der Waals surface area contributed by atoms with Crippen LogP contribution in [-0.4, -0.2) is 27.7 Å². The molecule has 6 nitrogen and oxygen atoms in total. The molecule has 6 heteroatoms. The van der Waals surface area contributed by atoms with E-state index in [-0.39, 0.29) is 17.7 Å². The first-order chi connectivity index (χ1) is 11.4. The molecule has 2 N–H and O–H groups in total. The fraction of sp³-hybridized carbons (Fsp3) is 0.333. The Bertz CT molecular complexity index is 758. The summed E-state index contributed by atoms with van der Waals surface area (Å²) in [6.07, 6.45) is 0.846. The molecule has 1 amide bonds. The van der Waals surface area contributed by atoms with E-state index in [4.69, 9.17) is 0 Å². The molecule has 2 aromatic rings. The number of rotatable bonds is 6. The highest BCUT2D eigenvalue weighted by atomic mass is 16.2. The van der Waals surface area contributed by atoms with Gasteiger partial charge in [0, 0.05) is 23.4 Å². The average molecular weight is 326 g/mol. The first-order valence-corrected chi connectivity index (χ1v) is 7.93. The molecule has 24 heavy (non-hydrogen) atoms. The number of ketones is 1. The number of aromatic nitrogens is 2. The summed E-state index contributed by atoms with van der Waals surface area (Å²) in [6, 6.07) is 8.82. The Kier molecular flexibility index (Phi) is 5.63. The molecular weight excluding hydrogens is 304 g/mol. The maximum Gasteiger partial charge on any atom is 0.270 e. The normalized spacial score (nSPS) is 11.7. The largest absolute Gasteiger partial charge is 0.348 e. The number of aryl methyl sites for hydroxylation is 1. The minimum absolute atomic E-state index is 0.00821. The third-order valence-electron chi connectivity index (χ3n) is 3.60. The minimum atomic E-state index is -0.226. The van der Waals surface area contributed by atoms with Gasteiger partial charge in [0.2, 0.25) is 0 Å². The first kappa shape index (κ1) is 17.6. The number of benzene rings is 1. The number of amides is 1. The van der Waals surface area contributed by atoms with E-state index in [1.165, 1.54) is 6.92 Å². The molecule has 0 aliphatic heterocycles. The van der Waals surface area contributed by atoms with Gasteiger partial charge in [0.25, 0.3) is 5.91 Å². The van der Waals surface area contributed by atoms with E-state index in [0.29, 0.717) is 22.9 Å². The summed E-state index contributed by atoms with van der Waals surface area (Å²) in [5.74, 6) is 0.774. The average Bonchev–Trinajstić information content (AvgIpc) is 2.54. The van der Waals surface area contributed by atoms with Gasteiger partial charge >= 0.3 is 0 Å². The molecule has 2 rings (SSSR count). The molecule has 0 radical (unpaired) electrons. The van der Waals surface area contributed by atoms with E-state index in [9.17, 15) is 9.59 Å². The molecule has 1 unspecified atom stereocenters. The summed E-state index contributed by atoms with van der Waals surface area (Å²) >= 11 is 0. The van der Waals surface area contributed by atoms with Crippen molar-refractivity contribution < 1.29 is 9.59 Å². The Morgan fingerprint density at radius 1 is 1.21 bits per heavy atom. The number of nitrogens with one attached hydrogen (secondary N) is 2. The first-order valence-electron chi connectivity index (χ1n) is 7.93. The van der Waals surface area contributed by atoms with Gasteiger partial charge in [0.15, 0.2) is 5.78 Å². The van der Waals surface area contributed by atoms with Gasteiger partial charge < -0.3 is 10.6 Å². The molecule has 1 heterocycles. The molecular formula is C18H22N4O2. The van der Waals surface area contributed by atoms with Crippen LogP contribution in [0.4, 0.5) is 11.5 Å². The van der Waals surface area contributed by atoms with E-state index in [2.05, 4.69) is 20.6 Å². The number of nitrogens with zero attached hydrogens (tertiary/aromatic N) is 2. The van der Waals surface area contributed by atoms with Crippen LogP contribution >= 0.6 is 0 Å². The van der Waals surface area contributed by atoms with Gasteiger partial charge in [-0.25, -0.2) is 9.97 Å². The zero-order valence-corrected chi connectivity index (χ0v) is 14.4. The van der Waals surface area contributed by atoms with Crippen LogP contribution in [0.3, 0.4) is 0 Å². The Hall–Kier alpha value is -2.76. The highest BCUT2D eigenvalue weighted by Crippen LogP contribution is 2.17. The van der Waals surface area contributed by atoms with Gasteiger partial charge in [-0.2, -0.15) is 0 Å². The summed E-state index contributed by atoms with van der Waals surface area (Å²) in [4.78, 5) is 32.2. The second-order valence-electron chi connectivity index (χ2n) is 5.73. The van der Waals surface area contributed by atoms with Crippen LogP contribution in [0.25, 0.3) is 0 Å². The fourth-order valence-corrected chi connectivity index (χ4v) is 2.11. The molecule has 1 aromatic carbocycles. The standard InChI is InChI=1S/C18H22N4O2/c1-5-11(2)19-18(24)16-10-17(21-13(4)20-16)22-15-8-6-7-14(9-15)12(3)23/h6-11H,5H2,1-4H3,(H,19,24)(H,20,21,22). The van der Waals surface area contributed by atoms with Gasteiger partial charge in [0.05, 0.1) is 0 Å². The van der Waals surface area contributed by atoms with Crippen molar-refractivity contribution in [3.8, 4) is 0 Å². The lowest BCUT2D eigenvalue weighted by molar-refractivity contribution is 0.0933. The van der Waals surface area contributed by atoms with Crippen LogP contribution in [0.5, 0.6) is 0 Å². The van der Waals surface area contributed by atoms with Crippen molar-refractivity contribution in [1.82, 2.24) is 15.3 Å². The van der Waals surface area contributed by atoms with E-state index in [0.717, 1.165) is 12.1 Å². The zero-order chi connectivity index (χ0) is 17.7. The number of Topliss-reactive ketones (excluding diaryl/α,β-unsaturated/α-hetero) is 1. The number of hydrogen-bond acceptors (Lipinski definition) is 5. The summed E-state index contributed by atoms with van der Waals surface area (Å²) < 4.78 is 0. The van der Waals surface area contributed by atoms with Gasteiger partial charge in [-0.1, -0.05) is 19.1 Å². The maximum atomic E-state index is 12.2. The predicted molar refractivity (Wildman–Crippen MR) is 93.7 cm³/mol. The summed E-state index contributed by atoms with van der Waals surface area (Å²) in [7, 11) is 0. The highest BCUT2D eigenvalue weighted by molar-refractivity contribution is 5.95. The van der Waals surface area contributed by atoms with Gasteiger partial charge in [0.1, 0.15) is 17.3 Å². The summed E-state index contributed by atoms with van der Waals surface area (Å²) in [5, 5.41) is 6.01. The Labute approximate surface area is 141 Å². The monoisotopic (exact) mass is 326 g/mol. The van der Waals surface area contributed by atoms with Crippen molar-refractivity contribution in [3.63, 3.8) is 0 Å². The Morgan fingerprint density at radius 2 is 1.96 bits per heavy atom. The number of carbonyl (C=O) groups excluding carboxylic acids is 2. The van der Waals surface area contributed by atoms with Crippen molar-refractivity contribution in [1.29, 1.82) is 0 Å². The molecule has 1 atom stereocenters. The quantitative estimate of drug-likeness (QED) is 0.796. The highest BCUT2D eigenvalue weighted by Gasteiger charge is 2.13. The smallest absolute Gasteiger partial charge is 0.270 e. The van der Waals surface area contributed by atoms with E-state index >= 15 is 0 Å². The van der Waals surface area contributed by atoms with Gasteiger partial charge in [-0.3, -0.25) is 9.59 Å². The third-order valence-corrected chi connectivity index (χ3v) is 3.60. The van der Waals surface area contributed by atoms with Crippen molar-refractivity contribution in [2.45, 2.75) is 40.2 Å². The van der Waals surface area contributed by atoms with Crippen LogP contribution in [-0.2, 0) is 0 Å². The van der Waals surface area contributed by atoms with Crippen LogP contribution in [0.15, 0.2) is 30.3 Å². The van der Waals surface area contributed by atoms with Crippen molar-refractivity contribution in [3.05, 3.63) is 47.4 Å². The van der Waals surface area contributed by atoms with Crippen molar-refractivity contribution in [2.24, 2.45) is 0 Å².